The predicted octanol–water partition coefficient (Wildman–Crippen LogP) is 2.47. The van der Waals surface area contributed by atoms with Gasteiger partial charge >= 0.3 is 0 Å². The lowest BCUT2D eigenvalue weighted by atomic mass is 10.2. The quantitative estimate of drug-likeness (QED) is 0.942. The minimum atomic E-state index is -0.305. The molecule has 18 heavy (non-hydrogen) atoms. The molecule has 1 aromatic carbocycles. The van der Waals surface area contributed by atoms with Crippen LogP contribution in [0.3, 0.4) is 0 Å². The van der Waals surface area contributed by atoms with E-state index in [0.29, 0.717) is 0 Å². The molecule has 0 aliphatic carbocycles. The number of hydrogen-bond acceptors (Lipinski definition) is 4. The summed E-state index contributed by atoms with van der Waals surface area (Å²) in [6.07, 6.45) is 1.21. The predicted molar refractivity (Wildman–Crippen MR) is 69.4 cm³/mol. The second kappa shape index (κ2) is 5.84. The fraction of sp³-hybridized carbons (Fsp3) is 0.154. The summed E-state index contributed by atoms with van der Waals surface area (Å²) >= 11 is 3.36. The van der Waals surface area contributed by atoms with E-state index in [4.69, 9.17) is 14.3 Å². The number of hydrogen-bond donors (Lipinski definition) is 1. The zero-order valence-corrected chi connectivity index (χ0v) is 11.0. The highest BCUT2D eigenvalue weighted by Crippen LogP contribution is 2.14. The molecule has 0 amide bonds. The van der Waals surface area contributed by atoms with Gasteiger partial charge < -0.3 is 14.3 Å². The van der Waals surface area contributed by atoms with E-state index >= 15 is 0 Å². The number of ether oxygens (including phenoxy) is 1. The van der Waals surface area contributed by atoms with E-state index in [9.17, 15) is 4.79 Å². The second-order valence-electron chi connectivity index (χ2n) is 3.65. The number of benzene rings is 1. The van der Waals surface area contributed by atoms with Gasteiger partial charge in [0.15, 0.2) is 0 Å². The van der Waals surface area contributed by atoms with Gasteiger partial charge in [0.25, 0.3) is 0 Å². The standard InChI is InChI=1S/C13H11BrO4/c14-10-3-1-2-9(4-10)7-18-13-8-17-11(6-15)5-12(13)16/h1-5,8,15H,6-7H2. The van der Waals surface area contributed by atoms with Crippen LogP contribution in [0.5, 0.6) is 5.75 Å². The fourth-order valence-electron chi connectivity index (χ4n) is 1.41. The summed E-state index contributed by atoms with van der Waals surface area (Å²) in [5.41, 5.74) is 0.635. The molecule has 2 aromatic rings. The number of aliphatic hydroxyl groups is 1. The largest absolute Gasteiger partial charge is 0.482 e. The summed E-state index contributed by atoms with van der Waals surface area (Å²) in [6, 6.07) is 8.82. The molecule has 94 valence electrons. The fourth-order valence-corrected chi connectivity index (χ4v) is 1.86. The maximum atomic E-state index is 11.6. The summed E-state index contributed by atoms with van der Waals surface area (Å²) < 4.78 is 11.3. The summed E-state index contributed by atoms with van der Waals surface area (Å²) in [6.45, 7) is -0.0240. The van der Waals surface area contributed by atoms with Crippen molar-refractivity contribution < 1.29 is 14.3 Å². The van der Waals surface area contributed by atoms with Crippen LogP contribution in [-0.2, 0) is 13.2 Å². The van der Waals surface area contributed by atoms with E-state index in [1.165, 1.54) is 12.3 Å². The van der Waals surface area contributed by atoms with Crippen LogP contribution in [0.1, 0.15) is 11.3 Å². The smallest absolute Gasteiger partial charge is 0.227 e. The molecule has 1 aromatic heterocycles. The first-order valence-electron chi connectivity index (χ1n) is 5.29. The average Bonchev–Trinajstić information content (AvgIpc) is 2.37. The zero-order valence-electron chi connectivity index (χ0n) is 9.43. The number of rotatable bonds is 4. The number of halogens is 1. The molecule has 0 saturated carbocycles. The van der Waals surface area contributed by atoms with E-state index in [0.717, 1.165) is 10.0 Å². The third-order valence-electron chi connectivity index (χ3n) is 2.29. The Bertz CT molecular complexity index is 592. The van der Waals surface area contributed by atoms with Gasteiger partial charge in [-0.15, -0.1) is 0 Å². The molecule has 0 bridgehead atoms. The van der Waals surface area contributed by atoms with Gasteiger partial charge in [0.05, 0.1) is 0 Å². The summed E-state index contributed by atoms with van der Waals surface area (Å²) in [7, 11) is 0. The molecule has 0 spiro atoms. The van der Waals surface area contributed by atoms with E-state index in [-0.39, 0.29) is 30.2 Å². The van der Waals surface area contributed by atoms with Crippen LogP contribution in [0.4, 0.5) is 0 Å². The summed E-state index contributed by atoms with van der Waals surface area (Å²) in [4.78, 5) is 11.6. The van der Waals surface area contributed by atoms with Crippen LogP contribution in [0, 0.1) is 0 Å². The van der Waals surface area contributed by atoms with Crippen LogP contribution < -0.4 is 10.2 Å². The van der Waals surface area contributed by atoms with Crippen molar-refractivity contribution in [2.75, 3.05) is 0 Å². The van der Waals surface area contributed by atoms with Crippen molar-refractivity contribution in [3.8, 4) is 5.75 Å². The topological polar surface area (TPSA) is 59.7 Å². The molecule has 0 aliphatic heterocycles. The Kier molecular flexibility index (Phi) is 4.17. The van der Waals surface area contributed by atoms with E-state index in [1.807, 2.05) is 24.3 Å². The molecule has 1 N–H and O–H groups in total. The Hall–Kier alpha value is -1.59. The van der Waals surface area contributed by atoms with E-state index < -0.39 is 0 Å². The molecule has 4 nitrogen and oxygen atoms in total. The summed E-state index contributed by atoms with van der Waals surface area (Å²) in [5.74, 6) is 0.349. The third-order valence-corrected chi connectivity index (χ3v) is 2.78. The van der Waals surface area contributed by atoms with Crippen LogP contribution in [0.2, 0.25) is 0 Å². The molecular formula is C13H11BrO4. The summed E-state index contributed by atoms with van der Waals surface area (Å²) in [5, 5.41) is 8.81. The van der Waals surface area contributed by atoms with Gasteiger partial charge in [-0.2, -0.15) is 0 Å². The lowest BCUT2D eigenvalue weighted by Gasteiger charge is -2.05. The molecule has 0 unspecified atom stereocenters. The van der Waals surface area contributed by atoms with Crippen LogP contribution in [0.25, 0.3) is 0 Å². The van der Waals surface area contributed by atoms with E-state index in [1.54, 1.807) is 0 Å². The normalized spacial score (nSPS) is 10.3. The molecule has 0 saturated heterocycles. The second-order valence-corrected chi connectivity index (χ2v) is 4.57. The Morgan fingerprint density at radius 1 is 1.33 bits per heavy atom. The molecule has 2 rings (SSSR count). The Balaban J connectivity index is 2.09. The third kappa shape index (κ3) is 3.21. The minimum absolute atomic E-state index is 0.132. The Labute approximate surface area is 112 Å². The maximum Gasteiger partial charge on any atom is 0.227 e. The van der Waals surface area contributed by atoms with Gasteiger partial charge in [0, 0.05) is 10.5 Å². The first-order valence-corrected chi connectivity index (χ1v) is 6.08. The highest BCUT2D eigenvalue weighted by Gasteiger charge is 2.04. The Morgan fingerprint density at radius 3 is 2.83 bits per heavy atom. The van der Waals surface area contributed by atoms with Crippen molar-refractivity contribution in [3.63, 3.8) is 0 Å². The van der Waals surface area contributed by atoms with Gasteiger partial charge in [0.1, 0.15) is 25.2 Å². The Morgan fingerprint density at radius 2 is 2.17 bits per heavy atom. The highest BCUT2D eigenvalue weighted by atomic mass is 79.9. The average molecular weight is 311 g/mol. The SMILES string of the molecule is O=c1cc(CO)occ1OCc1cccc(Br)c1. The lowest BCUT2D eigenvalue weighted by Crippen LogP contribution is -2.07. The van der Waals surface area contributed by atoms with Crippen molar-refractivity contribution >= 4 is 15.9 Å². The van der Waals surface area contributed by atoms with Crippen molar-refractivity contribution in [2.45, 2.75) is 13.2 Å². The molecule has 0 radical (unpaired) electrons. The molecule has 0 fully saturated rings. The molecular weight excluding hydrogens is 300 g/mol. The van der Waals surface area contributed by atoms with Gasteiger partial charge in [-0.3, -0.25) is 4.79 Å². The van der Waals surface area contributed by atoms with E-state index in [2.05, 4.69) is 15.9 Å². The monoisotopic (exact) mass is 310 g/mol. The van der Waals surface area contributed by atoms with Gasteiger partial charge in [-0.25, -0.2) is 0 Å². The molecule has 0 aliphatic rings. The molecule has 5 heteroatoms. The molecule has 1 heterocycles. The van der Waals surface area contributed by atoms with Gasteiger partial charge in [0.2, 0.25) is 11.2 Å². The van der Waals surface area contributed by atoms with Crippen molar-refractivity contribution in [1.82, 2.24) is 0 Å². The van der Waals surface area contributed by atoms with Crippen LogP contribution >= 0.6 is 15.9 Å². The first kappa shape index (κ1) is 12.9. The molecule has 0 atom stereocenters. The van der Waals surface area contributed by atoms with Crippen molar-refractivity contribution in [3.05, 3.63) is 62.6 Å². The van der Waals surface area contributed by atoms with Gasteiger partial charge in [-0.1, -0.05) is 28.1 Å². The van der Waals surface area contributed by atoms with Crippen molar-refractivity contribution in [2.24, 2.45) is 0 Å². The van der Waals surface area contributed by atoms with Crippen LogP contribution in [-0.4, -0.2) is 5.11 Å². The lowest BCUT2D eigenvalue weighted by molar-refractivity contribution is 0.236. The van der Waals surface area contributed by atoms with Crippen molar-refractivity contribution in [1.29, 1.82) is 0 Å². The highest BCUT2D eigenvalue weighted by molar-refractivity contribution is 9.10. The number of aliphatic hydroxyl groups excluding tert-OH is 1. The first-order chi connectivity index (χ1) is 8.69. The van der Waals surface area contributed by atoms with Crippen LogP contribution in [0.15, 0.2) is 50.3 Å². The van der Waals surface area contributed by atoms with Gasteiger partial charge in [-0.05, 0) is 17.7 Å². The zero-order chi connectivity index (χ0) is 13.0. The maximum absolute atomic E-state index is 11.6. The minimum Gasteiger partial charge on any atom is -0.482 e.